The van der Waals surface area contributed by atoms with E-state index >= 15 is 0 Å². The minimum atomic E-state index is -0.421. The Morgan fingerprint density at radius 3 is 2.34 bits per heavy atom. The van der Waals surface area contributed by atoms with Crippen LogP contribution in [0, 0.1) is 0 Å². The Morgan fingerprint density at radius 2 is 1.77 bits per heavy atom. The number of aromatic nitrogens is 5. The van der Waals surface area contributed by atoms with E-state index in [-0.39, 0.29) is 6.04 Å². The molecule has 2 aromatic heterocycles. The van der Waals surface area contributed by atoms with E-state index in [1.54, 1.807) is 7.11 Å². The number of hydrogen-bond acceptors (Lipinski definition) is 7. The highest BCUT2D eigenvalue weighted by Gasteiger charge is 2.44. The molecule has 2 N–H and O–H groups in total. The van der Waals surface area contributed by atoms with Gasteiger partial charge in [0.2, 0.25) is 11.1 Å². The molecule has 0 unspecified atom stereocenters. The van der Waals surface area contributed by atoms with Crippen LogP contribution < -0.4 is 5.32 Å². The van der Waals surface area contributed by atoms with Gasteiger partial charge in [-0.15, -0.1) is 5.10 Å². The molecular formula is C26H36N6O2S. The number of aryl methyl sites for hydroxylation is 2. The van der Waals surface area contributed by atoms with Crippen molar-refractivity contribution in [1.29, 1.82) is 0 Å². The van der Waals surface area contributed by atoms with Gasteiger partial charge in [-0.1, -0.05) is 19.9 Å². The first-order chi connectivity index (χ1) is 17.1. The van der Waals surface area contributed by atoms with E-state index in [2.05, 4.69) is 41.5 Å². The summed E-state index contributed by atoms with van der Waals surface area (Å²) in [6.07, 6.45) is 7.12. The van der Waals surface area contributed by atoms with Gasteiger partial charge in [-0.25, -0.2) is 5.10 Å². The highest BCUT2D eigenvalue weighted by Crippen LogP contribution is 2.40. The average molecular weight is 497 g/mol. The SMILES string of the molecule is CC.COC1(c2cc(Sc3n[nH]c(Nc4c5c(cc6c4CCC6)CCC5)n3)nn2C(C)C)COC1. The molecule has 0 saturated carbocycles. The molecule has 3 heterocycles. The van der Waals surface area contributed by atoms with Crippen molar-refractivity contribution < 1.29 is 9.47 Å². The maximum atomic E-state index is 5.82. The smallest absolute Gasteiger partial charge is 0.224 e. The van der Waals surface area contributed by atoms with E-state index in [9.17, 15) is 0 Å². The molecule has 3 aliphatic rings. The number of fused-ring (bicyclic) bond motifs is 2. The number of nitrogens with one attached hydrogen (secondary N) is 2. The van der Waals surface area contributed by atoms with Crippen molar-refractivity contribution in [2.45, 2.75) is 88.0 Å². The number of hydrogen-bond donors (Lipinski definition) is 2. The van der Waals surface area contributed by atoms with Gasteiger partial charge in [0, 0.05) is 18.8 Å². The molecule has 35 heavy (non-hydrogen) atoms. The third kappa shape index (κ3) is 4.38. The predicted octanol–water partition coefficient (Wildman–Crippen LogP) is 5.35. The summed E-state index contributed by atoms with van der Waals surface area (Å²) < 4.78 is 13.3. The Labute approximate surface area is 211 Å². The van der Waals surface area contributed by atoms with Gasteiger partial charge in [-0.3, -0.25) is 4.68 Å². The van der Waals surface area contributed by atoms with Crippen LogP contribution in [-0.2, 0) is 40.8 Å². The molecule has 0 amide bonds. The maximum Gasteiger partial charge on any atom is 0.224 e. The topological polar surface area (TPSA) is 89.9 Å². The van der Waals surface area contributed by atoms with Gasteiger partial charge in [0.25, 0.3) is 0 Å². The molecule has 1 aliphatic heterocycles. The third-order valence-electron chi connectivity index (χ3n) is 7.11. The summed E-state index contributed by atoms with van der Waals surface area (Å²) in [5.74, 6) is 0.691. The van der Waals surface area contributed by atoms with Crippen LogP contribution in [0.2, 0.25) is 0 Å². The van der Waals surface area contributed by atoms with E-state index in [1.165, 1.54) is 65.4 Å². The van der Waals surface area contributed by atoms with E-state index in [0.29, 0.717) is 24.3 Å². The van der Waals surface area contributed by atoms with Gasteiger partial charge in [0.1, 0.15) is 5.03 Å². The molecule has 1 aromatic carbocycles. The fraction of sp³-hybridized carbons (Fsp3) is 0.577. The fourth-order valence-electron chi connectivity index (χ4n) is 5.34. The molecular weight excluding hydrogens is 460 g/mol. The molecule has 3 aromatic rings. The highest BCUT2D eigenvalue weighted by atomic mass is 32.2. The summed E-state index contributed by atoms with van der Waals surface area (Å²) in [6, 6.07) is 4.74. The largest absolute Gasteiger partial charge is 0.374 e. The fourth-order valence-corrected chi connectivity index (χ4v) is 6.06. The lowest BCUT2D eigenvalue weighted by molar-refractivity contribution is -0.206. The van der Waals surface area contributed by atoms with Crippen LogP contribution in [0.5, 0.6) is 0 Å². The molecule has 0 spiro atoms. The first kappa shape index (κ1) is 24.3. The van der Waals surface area contributed by atoms with Crippen molar-refractivity contribution in [1.82, 2.24) is 25.0 Å². The van der Waals surface area contributed by atoms with Crippen molar-refractivity contribution in [3.05, 3.63) is 40.1 Å². The minimum Gasteiger partial charge on any atom is -0.374 e. The van der Waals surface area contributed by atoms with Crippen molar-refractivity contribution in [3.63, 3.8) is 0 Å². The van der Waals surface area contributed by atoms with Crippen molar-refractivity contribution >= 4 is 23.4 Å². The van der Waals surface area contributed by atoms with Gasteiger partial charge in [0.15, 0.2) is 5.60 Å². The van der Waals surface area contributed by atoms with Crippen LogP contribution in [0.1, 0.15) is 74.5 Å². The second-order valence-corrected chi connectivity index (χ2v) is 10.5. The molecule has 0 radical (unpaired) electrons. The first-order valence-corrected chi connectivity index (χ1v) is 13.6. The van der Waals surface area contributed by atoms with Gasteiger partial charge in [-0.05, 0) is 92.5 Å². The van der Waals surface area contributed by atoms with Crippen molar-refractivity contribution in [2.75, 3.05) is 25.6 Å². The van der Waals surface area contributed by atoms with Crippen molar-refractivity contribution in [3.8, 4) is 0 Å². The lowest BCUT2D eigenvalue weighted by atomic mass is 9.97. The van der Waals surface area contributed by atoms with Gasteiger partial charge >= 0.3 is 0 Å². The molecule has 6 rings (SSSR count). The third-order valence-corrected chi connectivity index (χ3v) is 7.88. The standard InChI is InChI=1S/C24H30N6O2S.C2H6/c1-14(2)30-19(24(31-3)12-32-13-24)11-20(29-30)33-23-26-22(27-28-23)25-21-17-8-4-6-15(17)10-16-7-5-9-18(16)21;1-2/h10-11,14H,4-9,12-13H2,1-3H3,(H2,25,26,27,28);1-2H3. The van der Waals surface area contributed by atoms with Crippen LogP contribution in [-0.4, -0.2) is 45.3 Å². The predicted molar refractivity (Wildman–Crippen MR) is 138 cm³/mol. The molecule has 0 bridgehead atoms. The number of nitrogens with zero attached hydrogens (tertiary/aromatic N) is 4. The van der Waals surface area contributed by atoms with Gasteiger partial charge in [-0.2, -0.15) is 10.1 Å². The van der Waals surface area contributed by atoms with E-state index in [4.69, 9.17) is 19.6 Å². The second kappa shape index (κ2) is 9.95. The zero-order valence-electron chi connectivity index (χ0n) is 21.4. The van der Waals surface area contributed by atoms with E-state index in [1.807, 2.05) is 18.5 Å². The van der Waals surface area contributed by atoms with Gasteiger partial charge < -0.3 is 14.8 Å². The molecule has 8 nitrogen and oxygen atoms in total. The number of anilines is 2. The summed E-state index contributed by atoms with van der Waals surface area (Å²) in [5.41, 5.74) is 7.83. The normalized spacial score (nSPS) is 17.5. The summed E-state index contributed by atoms with van der Waals surface area (Å²) in [5, 5.41) is 17.5. The maximum absolute atomic E-state index is 5.82. The summed E-state index contributed by atoms with van der Waals surface area (Å²) in [4.78, 5) is 4.73. The molecule has 1 saturated heterocycles. The summed E-state index contributed by atoms with van der Waals surface area (Å²) in [7, 11) is 1.73. The number of H-pyrrole nitrogens is 1. The Balaban J connectivity index is 0.00000124. The van der Waals surface area contributed by atoms with Crippen LogP contribution in [0.25, 0.3) is 0 Å². The Hall–Kier alpha value is -2.36. The number of methoxy groups -OCH3 is 1. The first-order valence-electron chi connectivity index (χ1n) is 12.8. The summed E-state index contributed by atoms with van der Waals surface area (Å²) in [6.45, 7) is 9.34. The van der Waals surface area contributed by atoms with Crippen molar-refractivity contribution in [2.24, 2.45) is 0 Å². The molecule has 2 aliphatic carbocycles. The Kier molecular flexibility index (Phi) is 6.92. The van der Waals surface area contributed by atoms with E-state index < -0.39 is 5.60 Å². The quantitative estimate of drug-likeness (QED) is 0.455. The monoisotopic (exact) mass is 496 g/mol. The lowest BCUT2D eigenvalue weighted by Crippen LogP contribution is -2.49. The Bertz CT molecular complexity index is 1160. The van der Waals surface area contributed by atoms with Crippen LogP contribution >= 0.6 is 11.8 Å². The highest BCUT2D eigenvalue weighted by molar-refractivity contribution is 7.99. The second-order valence-electron chi connectivity index (χ2n) is 9.53. The van der Waals surface area contributed by atoms with Gasteiger partial charge in [0.05, 0.1) is 18.9 Å². The zero-order chi connectivity index (χ0) is 24.6. The number of benzene rings is 1. The zero-order valence-corrected chi connectivity index (χ0v) is 22.2. The Morgan fingerprint density at radius 1 is 1.09 bits per heavy atom. The number of aromatic amines is 1. The number of ether oxygens (including phenoxy) is 2. The summed E-state index contributed by atoms with van der Waals surface area (Å²) >= 11 is 1.46. The lowest BCUT2D eigenvalue weighted by Gasteiger charge is -2.40. The van der Waals surface area contributed by atoms with Crippen LogP contribution in [0.4, 0.5) is 11.6 Å². The molecule has 9 heteroatoms. The minimum absolute atomic E-state index is 0.216. The van der Waals surface area contributed by atoms with E-state index in [0.717, 1.165) is 23.6 Å². The molecule has 1 fully saturated rings. The molecule has 0 atom stereocenters. The molecule has 188 valence electrons. The van der Waals surface area contributed by atoms with Crippen LogP contribution in [0.3, 0.4) is 0 Å². The average Bonchev–Trinajstić information content (AvgIpc) is 3.62. The van der Waals surface area contributed by atoms with Crippen LogP contribution in [0.15, 0.2) is 22.3 Å². The number of rotatable bonds is 7.